The number of nitrogens with zero attached hydrogens (tertiary/aromatic N) is 4. The molecular formula is C24H26F3N5O3S. The van der Waals surface area contributed by atoms with Crippen LogP contribution in [-0.2, 0) is 16.2 Å². The number of benzene rings is 1. The molecule has 1 aromatic carbocycles. The second kappa shape index (κ2) is 8.75. The first-order valence-electron chi connectivity index (χ1n) is 11.8. The van der Waals surface area contributed by atoms with Gasteiger partial charge in [-0.2, -0.15) is 18.3 Å². The van der Waals surface area contributed by atoms with Crippen molar-refractivity contribution in [3.05, 3.63) is 58.5 Å². The van der Waals surface area contributed by atoms with E-state index in [1.54, 1.807) is 10.6 Å². The van der Waals surface area contributed by atoms with Gasteiger partial charge in [0.1, 0.15) is 0 Å². The first kappa shape index (κ1) is 24.5. The Bertz CT molecular complexity index is 1450. The third-order valence-electron chi connectivity index (χ3n) is 6.62. The highest BCUT2D eigenvalue weighted by atomic mass is 32.2. The maximum atomic E-state index is 13.9. The van der Waals surface area contributed by atoms with Crippen molar-refractivity contribution in [2.45, 2.75) is 57.2 Å². The molecule has 2 fully saturated rings. The van der Waals surface area contributed by atoms with Crippen LogP contribution in [0.1, 0.15) is 77.1 Å². The molecule has 1 aliphatic carbocycles. The van der Waals surface area contributed by atoms with E-state index in [-0.39, 0.29) is 6.54 Å². The molecule has 1 N–H and O–H groups in total. The van der Waals surface area contributed by atoms with Crippen molar-refractivity contribution in [1.29, 1.82) is 0 Å². The lowest BCUT2D eigenvalue weighted by molar-refractivity contribution is -0.138. The van der Waals surface area contributed by atoms with E-state index in [1.165, 1.54) is 11.0 Å². The number of fused-ring (bicyclic) bond motifs is 1. The number of hydrogen-bond acceptors (Lipinski definition) is 5. The molecule has 1 amide bonds. The van der Waals surface area contributed by atoms with Crippen LogP contribution in [0.4, 0.5) is 18.9 Å². The highest BCUT2D eigenvalue weighted by Crippen LogP contribution is 2.41. The second-order valence-corrected chi connectivity index (χ2v) is 11.3. The number of hydrogen-bond donors (Lipinski definition) is 1. The molecule has 192 valence electrons. The van der Waals surface area contributed by atoms with Crippen LogP contribution >= 0.6 is 0 Å². The molecule has 2 aliphatic rings. The van der Waals surface area contributed by atoms with E-state index in [1.807, 2.05) is 13.0 Å². The Hall–Kier alpha value is -3.15. The number of anilines is 1. The zero-order valence-electron chi connectivity index (χ0n) is 19.8. The van der Waals surface area contributed by atoms with Gasteiger partial charge < -0.3 is 4.90 Å². The Balaban J connectivity index is 1.57. The van der Waals surface area contributed by atoms with Crippen LogP contribution in [0.3, 0.4) is 0 Å². The summed E-state index contributed by atoms with van der Waals surface area (Å²) >= 11 is 0. The summed E-state index contributed by atoms with van der Waals surface area (Å²) in [5.41, 5.74) is 0.780. The number of sulfonamides is 1. The van der Waals surface area contributed by atoms with Crippen molar-refractivity contribution in [2.75, 3.05) is 17.5 Å². The molecule has 5 rings (SSSR count). The van der Waals surface area contributed by atoms with E-state index in [2.05, 4.69) is 9.82 Å². The number of amides is 1. The fraction of sp³-hybridized carbons (Fsp3) is 0.458. The van der Waals surface area contributed by atoms with Crippen molar-refractivity contribution in [1.82, 2.24) is 19.5 Å². The van der Waals surface area contributed by atoms with Gasteiger partial charge in [-0.3, -0.25) is 9.52 Å². The van der Waals surface area contributed by atoms with Crippen LogP contribution in [0.15, 0.2) is 30.3 Å². The normalized spacial score (nSPS) is 19.0. The molecule has 12 heteroatoms. The maximum absolute atomic E-state index is 13.9. The summed E-state index contributed by atoms with van der Waals surface area (Å²) < 4.78 is 69.3. The molecule has 0 radical (unpaired) electrons. The van der Waals surface area contributed by atoms with Crippen LogP contribution in [0, 0.1) is 6.92 Å². The Kier molecular flexibility index (Phi) is 5.97. The topological polar surface area (TPSA) is 96.7 Å². The Morgan fingerprint density at radius 1 is 1.11 bits per heavy atom. The third-order valence-corrected chi connectivity index (χ3v) is 7.21. The average Bonchev–Trinajstić information content (AvgIpc) is 3.56. The monoisotopic (exact) mass is 521 g/mol. The van der Waals surface area contributed by atoms with Gasteiger partial charge in [0, 0.05) is 29.9 Å². The summed E-state index contributed by atoms with van der Waals surface area (Å²) in [6, 6.07) is 6.25. The maximum Gasteiger partial charge on any atom is 0.417 e. The standard InChI is InChI=1S/C24H26F3N5O3S/c1-14-12-18(15-9-10-15)28-21-13-19(29-32(14)21)20-8-3-4-11-31(20)23(33)22-16(24(25,26)27)6-5-7-17(22)30-36(2,34)35/h5-7,12-13,15,20,30H,3-4,8-11H2,1-2H3/t20-/m0/s1. The van der Waals surface area contributed by atoms with Crippen LogP contribution in [-0.4, -0.2) is 46.6 Å². The number of likely N-dealkylation sites (tertiary alicyclic amines) is 1. The predicted molar refractivity (Wildman–Crippen MR) is 127 cm³/mol. The number of piperidine rings is 1. The molecule has 1 saturated carbocycles. The van der Waals surface area contributed by atoms with Gasteiger partial charge >= 0.3 is 6.18 Å². The van der Waals surface area contributed by atoms with E-state index >= 15 is 0 Å². The van der Waals surface area contributed by atoms with E-state index < -0.39 is 45.0 Å². The highest BCUT2D eigenvalue weighted by Gasteiger charge is 2.40. The molecule has 0 unspecified atom stereocenters. The number of halogens is 3. The van der Waals surface area contributed by atoms with Crippen molar-refractivity contribution < 1.29 is 26.4 Å². The Morgan fingerprint density at radius 2 is 1.86 bits per heavy atom. The van der Waals surface area contributed by atoms with Gasteiger partial charge in [-0.25, -0.2) is 17.9 Å². The summed E-state index contributed by atoms with van der Waals surface area (Å²) in [5, 5.41) is 4.66. The molecule has 36 heavy (non-hydrogen) atoms. The first-order valence-corrected chi connectivity index (χ1v) is 13.7. The molecule has 8 nitrogen and oxygen atoms in total. The fourth-order valence-electron chi connectivity index (χ4n) is 4.85. The number of rotatable bonds is 5. The van der Waals surface area contributed by atoms with Crippen molar-refractivity contribution >= 4 is 27.3 Å². The van der Waals surface area contributed by atoms with Gasteiger partial charge in [0.2, 0.25) is 10.0 Å². The van der Waals surface area contributed by atoms with E-state index in [0.717, 1.165) is 49.0 Å². The van der Waals surface area contributed by atoms with Crippen molar-refractivity contribution in [3.63, 3.8) is 0 Å². The van der Waals surface area contributed by atoms with E-state index in [9.17, 15) is 26.4 Å². The molecule has 1 saturated heterocycles. The third kappa shape index (κ3) is 4.78. The van der Waals surface area contributed by atoms with Crippen LogP contribution in [0.25, 0.3) is 5.65 Å². The summed E-state index contributed by atoms with van der Waals surface area (Å²) in [5.74, 6) is -0.446. The first-order chi connectivity index (χ1) is 16.9. The minimum absolute atomic E-state index is 0.224. The van der Waals surface area contributed by atoms with Gasteiger partial charge in [-0.1, -0.05) is 6.07 Å². The number of alkyl halides is 3. The summed E-state index contributed by atoms with van der Waals surface area (Å²) in [6.07, 6.45) is 0.0716. The molecule has 0 bridgehead atoms. The average molecular weight is 522 g/mol. The van der Waals surface area contributed by atoms with Gasteiger partial charge in [0.05, 0.1) is 34.8 Å². The van der Waals surface area contributed by atoms with Crippen LogP contribution in [0.5, 0.6) is 0 Å². The van der Waals surface area contributed by atoms with Crippen LogP contribution in [0.2, 0.25) is 0 Å². The number of carbonyl (C=O) groups excluding carboxylic acids is 1. The minimum Gasteiger partial charge on any atom is -0.330 e. The van der Waals surface area contributed by atoms with Gasteiger partial charge in [0.15, 0.2) is 5.65 Å². The fourth-order valence-corrected chi connectivity index (χ4v) is 5.42. The van der Waals surface area contributed by atoms with Gasteiger partial charge in [-0.15, -0.1) is 0 Å². The summed E-state index contributed by atoms with van der Waals surface area (Å²) in [4.78, 5) is 19.8. The summed E-state index contributed by atoms with van der Waals surface area (Å²) in [6.45, 7) is 2.14. The number of nitrogens with one attached hydrogen (secondary N) is 1. The SMILES string of the molecule is Cc1cc(C2CC2)nc2cc([C@@H]3CCCCN3C(=O)c3c(NS(C)(=O)=O)cccc3C(F)(F)F)nn12. The molecule has 3 aromatic rings. The molecule has 2 aromatic heterocycles. The van der Waals surface area contributed by atoms with Crippen molar-refractivity contribution in [3.8, 4) is 0 Å². The van der Waals surface area contributed by atoms with Crippen LogP contribution < -0.4 is 4.72 Å². The van der Waals surface area contributed by atoms with E-state index in [4.69, 9.17) is 4.98 Å². The van der Waals surface area contributed by atoms with Crippen molar-refractivity contribution in [2.24, 2.45) is 0 Å². The Labute approximate surface area is 206 Å². The zero-order valence-corrected chi connectivity index (χ0v) is 20.7. The Morgan fingerprint density at radius 3 is 2.53 bits per heavy atom. The zero-order chi connectivity index (χ0) is 25.8. The smallest absolute Gasteiger partial charge is 0.330 e. The molecule has 0 spiro atoms. The lowest BCUT2D eigenvalue weighted by atomic mass is 9.96. The largest absolute Gasteiger partial charge is 0.417 e. The number of aryl methyl sites for hydroxylation is 1. The molecular weight excluding hydrogens is 495 g/mol. The lowest BCUT2D eigenvalue weighted by Gasteiger charge is -2.35. The second-order valence-electron chi connectivity index (χ2n) is 9.55. The highest BCUT2D eigenvalue weighted by molar-refractivity contribution is 7.92. The number of carbonyl (C=O) groups is 1. The predicted octanol–water partition coefficient (Wildman–Crippen LogP) is 4.67. The molecule has 3 heterocycles. The summed E-state index contributed by atoms with van der Waals surface area (Å²) in [7, 11) is -3.93. The lowest BCUT2D eigenvalue weighted by Crippen LogP contribution is -2.40. The number of aromatic nitrogens is 3. The van der Waals surface area contributed by atoms with Gasteiger partial charge in [0.25, 0.3) is 5.91 Å². The van der Waals surface area contributed by atoms with E-state index in [0.29, 0.717) is 30.1 Å². The minimum atomic E-state index is -4.85. The molecule has 1 atom stereocenters. The van der Waals surface area contributed by atoms with Gasteiger partial charge in [-0.05, 0) is 57.2 Å². The quantitative estimate of drug-likeness (QED) is 0.526. The molecule has 1 aliphatic heterocycles.